The first-order chi connectivity index (χ1) is 11.2. The lowest BCUT2D eigenvalue weighted by Gasteiger charge is -2.03. The third kappa shape index (κ3) is 3.11. The summed E-state index contributed by atoms with van der Waals surface area (Å²) in [6.07, 6.45) is 3.73. The minimum absolute atomic E-state index is 0.172. The van der Waals surface area contributed by atoms with Crippen molar-refractivity contribution in [3.8, 4) is 17.5 Å². The molecule has 5 nitrogen and oxygen atoms in total. The number of nitrogens with zero attached hydrogens (tertiary/aromatic N) is 4. The molecule has 0 spiro atoms. The van der Waals surface area contributed by atoms with Crippen molar-refractivity contribution in [2.45, 2.75) is 6.92 Å². The van der Waals surface area contributed by atoms with Crippen LogP contribution in [0.4, 0.5) is 0 Å². The predicted octanol–water partition coefficient (Wildman–Crippen LogP) is 3.32. The van der Waals surface area contributed by atoms with Gasteiger partial charge in [0, 0.05) is 0 Å². The van der Waals surface area contributed by atoms with Crippen LogP contribution in [-0.4, -0.2) is 20.1 Å². The van der Waals surface area contributed by atoms with Gasteiger partial charge in [0.15, 0.2) is 5.69 Å². The number of phenols is 1. The van der Waals surface area contributed by atoms with Gasteiger partial charge in [0.2, 0.25) is 0 Å². The van der Waals surface area contributed by atoms with Gasteiger partial charge in [-0.2, -0.15) is 5.26 Å². The Labute approximate surface area is 133 Å². The summed E-state index contributed by atoms with van der Waals surface area (Å²) < 4.78 is 1.57. The van der Waals surface area contributed by atoms with Gasteiger partial charge in [-0.1, -0.05) is 41.1 Å². The summed E-state index contributed by atoms with van der Waals surface area (Å²) in [6.45, 7) is 2.03. The van der Waals surface area contributed by atoms with Gasteiger partial charge >= 0.3 is 0 Å². The molecule has 0 saturated heterocycles. The van der Waals surface area contributed by atoms with Crippen LogP contribution >= 0.6 is 0 Å². The standard InChI is InChI=1S/C18H14N4O/c1-13-2-4-14(5-3-13)6-11-18-17(12-19)20-21-22(18)15-7-9-16(23)10-8-15/h2-11,23H,1H3/b11-6+. The van der Waals surface area contributed by atoms with Crippen molar-refractivity contribution >= 4 is 12.2 Å². The molecule has 0 amide bonds. The van der Waals surface area contributed by atoms with Crippen molar-refractivity contribution in [2.24, 2.45) is 0 Å². The molecule has 0 unspecified atom stereocenters. The molecule has 0 aliphatic carbocycles. The maximum absolute atomic E-state index is 9.39. The van der Waals surface area contributed by atoms with E-state index < -0.39 is 0 Å². The number of hydrogen-bond acceptors (Lipinski definition) is 4. The number of hydrogen-bond donors (Lipinski definition) is 1. The molecule has 0 aliphatic rings. The molecule has 112 valence electrons. The zero-order valence-corrected chi connectivity index (χ0v) is 12.5. The molecular formula is C18H14N4O. The molecule has 1 aromatic heterocycles. The first-order valence-electron chi connectivity index (χ1n) is 7.07. The predicted molar refractivity (Wildman–Crippen MR) is 87.8 cm³/mol. The maximum Gasteiger partial charge on any atom is 0.190 e. The quantitative estimate of drug-likeness (QED) is 0.805. The van der Waals surface area contributed by atoms with Gasteiger partial charge in [-0.15, -0.1) is 5.10 Å². The van der Waals surface area contributed by atoms with Crippen LogP contribution in [-0.2, 0) is 0 Å². The second-order valence-electron chi connectivity index (χ2n) is 5.11. The largest absolute Gasteiger partial charge is 0.508 e. The van der Waals surface area contributed by atoms with Crippen LogP contribution in [0.25, 0.3) is 17.8 Å². The molecule has 3 rings (SSSR count). The average Bonchev–Trinajstić information content (AvgIpc) is 2.98. The highest BCUT2D eigenvalue weighted by atomic mass is 16.3. The minimum Gasteiger partial charge on any atom is -0.508 e. The van der Waals surface area contributed by atoms with E-state index in [0.717, 1.165) is 11.3 Å². The van der Waals surface area contributed by atoms with Crippen LogP contribution in [0.5, 0.6) is 5.75 Å². The first kappa shape index (κ1) is 14.5. The molecule has 0 atom stereocenters. The molecule has 0 bridgehead atoms. The fraction of sp³-hybridized carbons (Fsp3) is 0.0556. The van der Waals surface area contributed by atoms with E-state index >= 15 is 0 Å². The highest BCUT2D eigenvalue weighted by Crippen LogP contribution is 2.18. The summed E-state index contributed by atoms with van der Waals surface area (Å²) in [5.41, 5.74) is 3.79. The fourth-order valence-corrected chi connectivity index (χ4v) is 2.16. The fourth-order valence-electron chi connectivity index (χ4n) is 2.16. The summed E-state index contributed by atoms with van der Waals surface area (Å²) in [4.78, 5) is 0. The molecule has 0 saturated carbocycles. The minimum atomic E-state index is 0.172. The highest BCUT2D eigenvalue weighted by Gasteiger charge is 2.11. The average molecular weight is 302 g/mol. The van der Waals surface area contributed by atoms with E-state index in [9.17, 15) is 10.4 Å². The number of nitriles is 1. The Hall–Kier alpha value is -3.39. The van der Waals surface area contributed by atoms with Gasteiger partial charge < -0.3 is 5.11 Å². The van der Waals surface area contributed by atoms with Gasteiger partial charge in [0.05, 0.1) is 5.69 Å². The van der Waals surface area contributed by atoms with Crippen LogP contribution in [0.2, 0.25) is 0 Å². The molecule has 1 heterocycles. The smallest absolute Gasteiger partial charge is 0.190 e. The normalized spacial score (nSPS) is 10.8. The van der Waals surface area contributed by atoms with Crippen LogP contribution in [0, 0.1) is 18.3 Å². The third-order valence-electron chi connectivity index (χ3n) is 3.42. The Morgan fingerprint density at radius 1 is 1.04 bits per heavy atom. The maximum atomic E-state index is 9.39. The summed E-state index contributed by atoms with van der Waals surface area (Å²) in [6, 6.07) is 16.7. The van der Waals surface area contributed by atoms with Gasteiger partial charge in [0.25, 0.3) is 0 Å². The SMILES string of the molecule is Cc1ccc(/C=C/c2c(C#N)nnn2-c2ccc(O)cc2)cc1. The zero-order valence-electron chi connectivity index (χ0n) is 12.5. The second kappa shape index (κ2) is 6.16. The lowest BCUT2D eigenvalue weighted by atomic mass is 10.1. The molecule has 2 aromatic carbocycles. The molecule has 0 aliphatic heterocycles. The summed E-state index contributed by atoms with van der Waals surface area (Å²) >= 11 is 0. The Kier molecular flexibility index (Phi) is 3.89. The molecule has 23 heavy (non-hydrogen) atoms. The lowest BCUT2D eigenvalue weighted by molar-refractivity contribution is 0.475. The number of aryl methyl sites for hydroxylation is 1. The second-order valence-corrected chi connectivity index (χ2v) is 5.11. The number of aromatic nitrogens is 3. The Morgan fingerprint density at radius 3 is 2.39 bits per heavy atom. The molecular weight excluding hydrogens is 288 g/mol. The van der Waals surface area contributed by atoms with E-state index in [1.165, 1.54) is 5.56 Å². The molecule has 3 aromatic rings. The van der Waals surface area contributed by atoms with Gasteiger partial charge in [-0.3, -0.25) is 0 Å². The van der Waals surface area contributed by atoms with E-state index in [1.807, 2.05) is 49.4 Å². The topological polar surface area (TPSA) is 74.7 Å². The van der Waals surface area contributed by atoms with Crippen molar-refractivity contribution in [2.75, 3.05) is 0 Å². The third-order valence-corrected chi connectivity index (χ3v) is 3.42. The van der Waals surface area contributed by atoms with Crippen molar-refractivity contribution in [3.05, 3.63) is 71.0 Å². The monoisotopic (exact) mass is 302 g/mol. The molecule has 1 N–H and O–H groups in total. The van der Waals surface area contributed by atoms with Gasteiger partial charge in [-0.05, 0) is 42.8 Å². The summed E-state index contributed by atoms with van der Waals surface area (Å²) in [5.74, 6) is 0.172. The Bertz CT molecular complexity index is 884. The highest BCUT2D eigenvalue weighted by molar-refractivity contribution is 5.71. The molecule has 0 fully saturated rings. The van der Waals surface area contributed by atoms with Crippen LogP contribution in [0.1, 0.15) is 22.5 Å². The summed E-state index contributed by atoms with van der Waals surface area (Å²) in [7, 11) is 0. The van der Waals surface area contributed by atoms with E-state index in [4.69, 9.17) is 0 Å². The van der Waals surface area contributed by atoms with E-state index in [0.29, 0.717) is 5.69 Å². The molecule has 0 radical (unpaired) electrons. The first-order valence-corrected chi connectivity index (χ1v) is 7.07. The number of benzene rings is 2. The van der Waals surface area contributed by atoms with Crippen molar-refractivity contribution < 1.29 is 5.11 Å². The number of phenolic OH excluding ortho intramolecular Hbond substituents is 1. The van der Waals surface area contributed by atoms with Crippen molar-refractivity contribution in [1.29, 1.82) is 5.26 Å². The number of aromatic hydroxyl groups is 1. The Balaban J connectivity index is 2.01. The Morgan fingerprint density at radius 2 is 1.74 bits per heavy atom. The van der Waals surface area contributed by atoms with E-state index in [2.05, 4.69) is 10.3 Å². The van der Waals surface area contributed by atoms with Crippen LogP contribution in [0.3, 0.4) is 0 Å². The van der Waals surface area contributed by atoms with Crippen LogP contribution in [0.15, 0.2) is 48.5 Å². The van der Waals surface area contributed by atoms with Gasteiger partial charge in [-0.25, -0.2) is 4.68 Å². The van der Waals surface area contributed by atoms with Crippen molar-refractivity contribution in [1.82, 2.24) is 15.0 Å². The van der Waals surface area contributed by atoms with Gasteiger partial charge in [0.1, 0.15) is 17.5 Å². The van der Waals surface area contributed by atoms with Crippen molar-refractivity contribution in [3.63, 3.8) is 0 Å². The van der Waals surface area contributed by atoms with E-state index in [1.54, 1.807) is 28.9 Å². The van der Waals surface area contributed by atoms with E-state index in [-0.39, 0.29) is 11.4 Å². The summed E-state index contributed by atoms with van der Waals surface area (Å²) in [5, 5.41) is 26.5. The lowest BCUT2D eigenvalue weighted by Crippen LogP contribution is -1.99. The number of rotatable bonds is 3. The molecule has 5 heteroatoms. The van der Waals surface area contributed by atoms with Crippen LogP contribution < -0.4 is 0 Å². The zero-order chi connectivity index (χ0) is 16.2.